The molecule has 0 aromatic carbocycles. The first-order chi connectivity index (χ1) is 7.66. The third-order valence-electron chi connectivity index (χ3n) is 2.66. The van der Waals surface area contributed by atoms with Gasteiger partial charge in [0.05, 0.1) is 6.04 Å². The molecular weight excluding hydrogens is 220 g/mol. The fourth-order valence-electron chi connectivity index (χ4n) is 1.39. The van der Waals surface area contributed by atoms with Crippen LogP contribution in [0.25, 0.3) is 0 Å². The van der Waals surface area contributed by atoms with Gasteiger partial charge in [-0.25, -0.2) is 4.79 Å². The van der Waals surface area contributed by atoms with Crippen molar-refractivity contribution in [1.29, 1.82) is 0 Å². The lowest BCUT2D eigenvalue weighted by molar-refractivity contribution is 0.195. The van der Waals surface area contributed by atoms with Gasteiger partial charge in [0, 0.05) is 18.5 Å². The van der Waals surface area contributed by atoms with Gasteiger partial charge in [0.2, 0.25) is 0 Å². The van der Waals surface area contributed by atoms with Crippen LogP contribution in [-0.4, -0.2) is 24.5 Å². The molecule has 0 radical (unpaired) electrons. The second kappa shape index (κ2) is 6.53. The molecule has 0 saturated heterocycles. The molecule has 90 valence electrons. The Morgan fingerprint density at radius 2 is 2.38 bits per heavy atom. The summed E-state index contributed by atoms with van der Waals surface area (Å²) in [5, 5.41) is 4.95. The first-order valence-corrected chi connectivity index (χ1v) is 6.58. The van der Waals surface area contributed by atoms with Gasteiger partial charge in [0.25, 0.3) is 0 Å². The van der Waals surface area contributed by atoms with E-state index in [4.69, 9.17) is 0 Å². The number of nitrogens with one attached hydrogen (secondary N) is 1. The highest BCUT2D eigenvalue weighted by atomic mass is 32.1. The highest BCUT2D eigenvalue weighted by Crippen LogP contribution is 2.23. The number of hydrogen-bond donors (Lipinski definition) is 1. The number of carbonyl (C=O) groups excluding carboxylic acids is 1. The maximum absolute atomic E-state index is 11.8. The van der Waals surface area contributed by atoms with Crippen LogP contribution >= 0.6 is 11.3 Å². The Kier molecular flexibility index (Phi) is 5.32. The first-order valence-electron chi connectivity index (χ1n) is 5.70. The van der Waals surface area contributed by atoms with Gasteiger partial charge < -0.3 is 10.2 Å². The van der Waals surface area contributed by atoms with Gasteiger partial charge >= 0.3 is 6.03 Å². The summed E-state index contributed by atoms with van der Waals surface area (Å²) in [5.74, 6) is 0. The summed E-state index contributed by atoms with van der Waals surface area (Å²) in [6.45, 7) is 4.92. The molecule has 0 saturated carbocycles. The van der Waals surface area contributed by atoms with Crippen molar-refractivity contribution in [2.45, 2.75) is 32.7 Å². The van der Waals surface area contributed by atoms with E-state index in [2.05, 4.69) is 18.3 Å². The fraction of sp³-hybridized carbons (Fsp3) is 0.583. The zero-order chi connectivity index (χ0) is 12.0. The third-order valence-corrected chi connectivity index (χ3v) is 3.71. The lowest BCUT2D eigenvalue weighted by atomic mass is 10.2. The molecule has 0 aliphatic carbocycles. The number of hydrogen-bond acceptors (Lipinski definition) is 2. The maximum atomic E-state index is 11.8. The predicted molar refractivity (Wildman–Crippen MR) is 68.8 cm³/mol. The molecule has 1 N–H and O–H groups in total. The Bertz CT molecular complexity index is 311. The van der Waals surface area contributed by atoms with E-state index >= 15 is 0 Å². The van der Waals surface area contributed by atoms with E-state index in [-0.39, 0.29) is 12.1 Å². The van der Waals surface area contributed by atoms with E-state index in [1.165, 1.54) is 4.88 Å². The highest BCUT2D eigenvalue weighted by Gasteiger charge is 2.17. The summed E-state index contributed by atoms with van der Waals surface area (Å²) in [7, 11) is 1.84. The lowest BCUT2D eigenvalue weighted by Gasteiger charge is -2.24. The summed E-state index contributed by atoms with van der Waals surface area (Å²) in [5.41, 5.74) is 0. The van der Waals surface area contributed by atoms with Crippen molar-refractivity contribution < 1.29 is 4.79 Å². The molecule has 0 aliphatic heterocycles. The Hall–Kier alpha value is -1.03. The fourth-order valence-corrected chi connectivity index (χ4v) is 2.22. The van der Waals surface area contributed by atoms with Crippen molar-refractivity contribution in [3.63, 3.8) is 0 Å². The number of thiophene rings is 1. The molecule has 0 fully saturated rings. The molecule has 16 heavy (non-hydrogen) atoms. The minimum atomic E-state index is 0.00866. The molecule has 0 bridgehead atoms. The molecule has 1 heterocycles. The number of amides is 2. The Balaban J connectivity index is 2.44. The van der Waals surface area contributed by atoms with Crippen LogP contribution in [0.1, 0.15) is 37.6 Å². The topological polar surface area (TPSA) is 32.3 Å². The summed E-state index contributed by atoms with van der Waals surface area (Å²) in [6, 6.07) is 4.22. The van der Waals surface area contributed by atoms with E-state index < -0.39 is 0 Å². The van der Waals surface area contributed by atoms with Gasteiger partial charge in [-0.3, -0.25) is 0 Å². The first kappa shape index (κ1) is 13.0. The molecule has 3 nitrogen and oxygen atoms in total. The second-order valence-electron chi connectivity index (χ2n) is 3.89. The van der Waals surface area contributed by atoms with E-state index in [1.807, 2.05) is 25.4 Å². The summed E-state index contributed by atoms with van der Waals surface area (Å²) in [4.78, 5) is 14.7. The number of unbranched alkanes of at least 4 members (excludes halogenated alkanes) is 1. The maximum Gasteiger partial charge on any atom is 0.317 e. The molecule has 1 aromatic heterocycles. The van der Waals surface area contributed by atoms with Gasteiger partial charge in [-0.15, -0.1) is 11.3 Å². The van der Waals surface area contributed by atoms with E-state index in [1.54, 1.807) is 16.2 Å². The van der Waals surface area contributed by atoms with Gasteiger partial charge in [-0.1, -0.05) is 19.4 Å². The largest absolute Gasteiger partial charge is 0.338 e. The van der Waals surface area contributed by atoms with Crippen LogP contribution in [0.4, 0.5) is 4.79 Å². The number of nitrogens with zero attached hydrogens (tertiary/aromatic N) is 1. The molecule has 0 aliphatic rings. The molecular formula is C12H20N2OS. The summed E-state index contributed by atoms with van der Waals surface area (Å²) in [6.07, 6.45) is 2.14. The van der Waals surface area contributed by atoms with Crippen LogP contribution in [-0.2, 0) is 0 Å². The number of carbonyl (C=O) groups is 1. The van der Waals surface area contributed by atoms with Crippen molar-refractivity contribution in [2.75, 3.05) is 13.6 Å². The molecule has 4 heteroatoms. The van der Waals surface area contributed by atoms with Crippen LogP contribution in [0.5, 0.6) is 0 Å². The minimum Gasteiger partial charge on any atom is -0.338 e. The molecule has 1 atom stereocenters. The van der Waals surface area contributed by atoms with Crippen LogP contribution in [0.3, 0.4) is 0 Å². The van der Waals surface area contributed by atoms with Crippen LogP contribution in [0.15, 0.2) is 17.5 Å². The SMILES string of the molecule is CCCCNC(=O)N(C)C(C)c1cccs1. The zero-order valence-electron chi connectivity index (χ0n) is 10.2. The van der Waals surface area contributed by atoms with Crippen molar-refractivity contribution in [2.24, 2.45) is 0 Å². The predicted octanol–water partition coefficient (Wildman–Crippen LogP) is 3.25. The van der Waals surface area contributed by atoms with Gasteiger partial charge in [0.15, 0.2) is 0 Å². The zero-order valence-corrected chi connectivity index (χ0v) is 11.0. The summed E-state index contributed by atoms with van der Waals surface area (Å²) >= 11 is 1.68. The molecule has 1 unspecified atom stereocenters. The van der Waals surface area contributed by atoms with Crippen molar-refractivity contribution >= 4 is 17.4 Å². The highest BCUT2D eigenvalue weighted by molar-refractivity contribution is 7.10. The second-order valence-corrected chi connectivity index (χ2v) is 4.87. The van der Waals surface area contributed by atoms with Gasteiger partial charge in [-0.05, 0) is 24.8 Å². The normalized spacial score (nSPS) is 12.2. The average Bonchev–Trinajstić information content (AvgIpc) is 2.80. The third kappa shape index (κ3) is 3.52. The molecule has 2 amide bonds. The molecule has 1 rings (SSSR count). The minimum absolute atomic E-state index is 0.00866. The number of urea groups is 1. The molecule has 0 spiro atoms. The monoisotopic (exact) mass is 240 g/mol. The van der Waals surface area contributed by atoms with Crippen molar-refractivity contribution in [3.05, 3.63) is 22.4 Å². The van der Waals surface area contributed by atoms with Crippen molar-refractivity contribution in [1.82, 2.24) is 10.2 Å². The van der Waals surface area contributed by atoms with E-state index in [0.29, 0.717) is 0 Å². The van der Waals surface area contributed by atoms with Gasteiger partial charge in [-0.2, -0.15) is 0 Å². The van der Waals surface area contributed by atoms with Crippen LogP contribution in [0, 0.1) is 0 Å². The van der Waals surface area contributed by atoms with Crippen molar-refractivity contribution in [3.8, 4) is 0 Å². The number of rotatable bonds is 5. The quantitative estimate of drug-likeness (QED) is 0.787. The average molecular weight is 240 g/mol. The smallest absolute Gasteiger partial charge is 0.317 e. The lowest BCUT2D eigenvalue weighted by Crippen LogP contribution is -2.38. The van der Waals surface area contributed by atoms with E-state index in [0.717, 1.165) is 19.4 Å². The van der Waals surface area contributed by atoms with Gasteiger partial charge in [0.1, 0.15) is 0 Å². The standard InChI is InChI=1S/C12H20N2OS/c1-4-5-8-13-12(15)14(3)10(2)11-7-6-9-16-11/h6-7,9-10H,4-5,8H2,1-3H3,(H,13,15). The van der Waals surface area contributed by atoms with E-state index in [9.17, 15) is 4.79 Å². The Morgan fingerprint density at radius 1 is 1.62 bits per heavy atom. The van der Waals surface area contributed by atoms with Crippen LogP contribution < -0.4 is 5.32 Å². The molecule has 1 aromatic rings. The Morgan fingerprint density at radius 3 is 2.94 bits per heavy atom. The van der Waals surface area contributed by atoms with Crippen LogP contribution in [0.2, 0.25) is 0 Å². The summed E-state index contributed by atoms with van der Waals surface area (Å²) < 4.78 is 0. The Labute approximate surface area is 101 Å².